The molecule has 0 aliphatic heterocycles. The molecule has 0 saturated heterocycles. The lowest BCUT2D eigenvalue weighted by molar-refractivity contribution is 0.178. The number of anilines is 2. The minimum atomic E-state index is 0.397. The van der Waals surface area contributed by atoms with Crippen LogP contribution in [0.25, 0.3) is 0 Å². The molecule has 2 saturated carbocycles. The zero-order chi connectivity index (χ0) is 13.2. The van der Waals surface area contributed by atoms with Crippen molar-refractivity contribution in [3.8, 4) is 0 Å². The van der Waals surface area contributed by atoms with E-state index in [0.717, 1.165) is 30.1 Å². The standard InChI is InChI=1S/C14H22N4O/c1-19-8-14-17-12(15)6-13(18-14)16-7-11(9-2-3-9)10-4-5-10/h6,9-11H,2-5,7-8H2,1H3,(H3,15,16,17,18). The molecule has 5 nitrogen and oxygen atoms in total. The highest BCUT2D eigenvalue weighted by molar-refractivity contribution is 5.44. The van der Waals surface area contributed by atoms with E-state index in [1.165, 1.54) is 25.7 Å². The average molecular weight is 262 g/mol. The molecule has 0 unspecified atom stereocenters. The molecule has 2 aliphatic rings. The summed E-state index contributed by atoms with van der Waals surface area (Å²) in [5, 5.41) is 3.44. The Kier molecular flexibility index (Phi) is 3.55. The van der Waals surface area contributed by atoms with Crippen LogP contribution >= 0.6 is 0 Å². The van der Waals surface area contributed by atoms with Crippen molar-refractivity contribution in [2.24, 2.45) is 17.8 Å². The zero-order valence-corrected chi connectivity index (χ0v) is 11.4. The fourth-order valence-corrected chi connectivity index (χ4v) is 2.79. The molecule has 1 aromatic rings. The van der Waals surface area contributed by atoms with Gasteiger partial charge >= 0.3 is 0 Å². The second-order valence-electron chi connectivity index (χ2n) is 5.75. The Hall–Kier alpha value is -1.36. The van der Waals surface area contributed by atoms with Crippen LogP contribution in [0.5, 0.6) is 0 Å². The van der Waals surface area contributed by atoms with Crippen LogP contribution in [-0.2, 0) is 11.3 Å². The van der Waals surface area contributed by atoms with Crippen LogP contribution < -0.4 is 11.1 Å². The van der Waals surface area contributed by atoms with E-state index in [9.17, 15) is 0 Å². The van der Waals surface area contributed by atoms with Gasteiger partial charge in [-0.05, 0) is 43.4 Å². The van der Waals surface area contributed by atoms with E-state index in [4.69, 9.17) is 10.5 Å². The lowest BCUT2D eigenvalue weighted by Gasteiger charge is -2.17. The molecule has 0 bridgehead atoms. The summed E-state index contributed by atoms with van der Waals surface area (Å²) < 4.78 is 5.05. The van der Waals surface area contributed by atoms with Gasteiger partial charge in [-0.25, -0.2) is 9.97 Å². The van der Waals surface area contributed by atoms with E-state index in [2.05, 4.69) is 15.3 Å². The number of nitrogens with one attached hydrogen (secondary N) is 1. The van der Waals surface area contributed by atoms with Gasteiger partial charge < -0.3 is 15.8 Å². The Labute approximate surface area is 114 Å². The van der Waals surface area contributed by atoms with Crippen molar-refractivity contribution in [3.63, 3.8) is 0 Å². The summed E-state index contributed by atoms with van der Waals surface area (Å²) in [5.41, 5.74) is 5.79. The Morgan fingerprint density at radius 2 is 2.00 bits per heavy atom. The first-order valence-corrected chi connectivity index (χ1v) is 7.12. The van der Waals surface area contributed by atoms with Gasteiger partial charge in [0.2, 0.25) is 0 Å². The minimum absolute atomic E-state index is 0.397. The van der Waals surface area contributed by atoms with Crippen LogP contribution in [0.15, 0.2) is 6.07 Å². The number of hydrogen-bond acceptors (Lipinski definition) is 5. The van der Waals surface area contributed by atoms with Gasteiger partial charge in [-0.3, -0.25) is 0 Å². The summed E-state index contributed by atoms with van der Waals surface area (Å²) in [6, 6.07) is 1.80. The zero-order valence-electron chi connectivity index (χ0n) is 11.4. The second kappa shape index (κ2) is 5.33. The van der Waals surface area contributed by atoms with Gasteiger partial charge in [0.1, 0.15) is 18.2 Å². The Balaban J connectivity index is 1.61. The Bertz CT molecular complexity index is 431. The quantitative estimate of drug-likeness (QED) is 0.787. The smallest absolute Gasteiger partial charge is 0.158 e. The van der Waals surface area contributed by atoms with Crippen LogP contribution in [0.2, 0.25) is 0 Å². The summed E-state index contributed by atoms with van der Waals surface area (Å²) >= 11 is 0. The molecule has 0 radical (unpaired) electrons. The Morgan fingerprint density at radius 3 is 2.58 bits per heavy atom. The number of nitrogens with two attached hydrogens (primary N) is 1. The van der Waals surface area contributed by atoms with Crippen molar-refractivity contribution in [2.75, 3.05) is 24.7 Å². The first kappa shape index (κ1) is 12.7. The van der Waals surface area contributed by atoms with Crippen molar-refractivity contribution in [1.82, 2.24) is 9.97 Å². The van der Waals surface area contributed by atoms with Gasteiger partial charge in [-0.15, -0.1) is 0 Å². The molecule has 0 spiro atoms. The lowest BCUT2D eigenvalue weighted by atomic mass is 9.98. The molecule has 0 amide bonds. The first-order valence-electron chi connectivity index (χ1n) is 7.12. The topological polar surface area (TPSA) is 73.1 Å². The van der Waals surface area contributed by atoms with E-state index >= 15 is 0 Å². The average Bonchev–Trinajstić information content (AvgIpc) is 3.24. The maximum Gasteiger partial charge on any atom is 0.158 e. The highest BCUT2D eigenvalue weighted by Gasteiger charge is 2.41. The summed E-state index contributed by atoms with van der Waals surface area (Å²) in [5.74, 6) is 4.67. The van der Waals surface area contributed by atoms with Crippen molar-refractivity contribution in [3.05, 3.63) is 11.9 Å². The fourth-order valence-electron chi connectivity index (χ4n) is 2.79. The molecule has 1 heterocycles. The number of nitrogens with zero attached hydrogens (tertiary/aromatic N) is 2. The molecule has 0 atom stereocenters. The largest absolute Gasteiger partial charge is 0.384 e. The molecule has 2 aliphatic carbocycles. The van der Waals surface area contributed by atoms with Crippen molar-refractivity contribution < 1.29 is 4.74 Å². The van der Waals surface area contributed by atoms with Gasteiger partial charge in [0.05, 0.1) is 0 Å². The highest BCUT2D eigenvalue weighted by Crippen LogP contribution is 2.49. The van der Waals surface area contributed by atoms with Gasteiger partial charge in [0, 0.05) is 19.7 Å². The molecule has 3 rings (SSSR count). The predicted molar refractivity (Wildman–Crippen MR) is 74.6 cm³/mol. The maximum absolute atomic E-state index is 5.79. The van der Waals surface area contributed by atoms with Crippen LogP contribution in [0, 0.1) is 17.8 Å². The maximum atomic E-state index is 5.79. The molecule has 104 valence electrons. The normalized spacial score (nSPS) is 18.8. The van der Waals surface area contributed by atoms with Crippen molar-refractivity contribution in [1.29, 1.82) is 0 Å². The third kappa shape index (κ3) is 3.35. The summed E-state index contributed by atoms with van der Waals surface area (Å²) in [6.07, 6.45) is 5.63. The van der Waals surface area contributed by atoms with Crippen LogP contribution in [-0.4, -0.2) is 23.6 Å². The molecule has 5 heteroatoms. The van der Waals surface area contributed by atoms with E-state index in [1.807, 2.05) is 0 Å². The number of aromatic nitrogens is 2. The van der Waals surface area contributed by atoms with Gasteiger partial charge in [-0.2, -0.15) is 0 Å². The third-order valence-electron chi connectivity index (χ3n) is 4.04. The molecule has 1 aromatic heterocycles. The number of ether oxygens (including phenoxy) is 1. The lowest BCUT2D eigenvalue weighted by Crippen LogP contribution is -2.19. The van der Waals surface area contributed by atoms with E-state index in [1.54, 1.807) is 13.2 Å². The summed E-state index contributed by atoms with van der Waals surface area (Å²) in [6.45, 7) is 1.41. The molecule has 19 heavy (non-hydrogen) atoms. The summed E-state index contributed by atoms with van der Waals surface area (Å²) in [4.78, 5) is 8.57. The van der Waals surface area contributed by atoms with E-state index in [0.29, 0.717) is 18.2 Å². The molecule has 2 fully saturated rings. The fraction of sp³-hybridized carbons (Fsp3) is 0.714. The van der Waals surface area contributed by atoms with Crippen LogP contribution in [0.4, 0.5) is 11.6 Å². The van der Waals surface area contributed by atoms with Gasteiger partial charge in [0.25, 0.3) is 0 Å². The molecular formula is C14H22N4O. The van der Waals surface area contributed by atoms with Gasteiger partial charge in [-0.1, -0.05) is 0 Å². The summed E-state index contributed by atoms with van der Waals surface area (Å²) in [7, 11) is 1.63. The van der Waals surface area contributed by atoms with Gasteiger partial charge in [0.15, 0.2) is 5.82 Å². The van der Waals surface area contributed by atoms with Crippen molar-refractivity contribution >= 4 is 11.6 Å². The number of rotatable bonds is 7. The third-order valence-corrected chi connectivity index (χ3v) is 4.04. The van der Waals surface area contributed by atoms with E-state index in [-0.39, 0.29) is 0 Å². The molecule has 3 N–H and O–H groups in total. The Morgan fingerprint density at radius 1 is 1.32 bits per heavy atom. The number of methoxy groups -OCH3 is 1. The second-order valence-corrected chi connectivity index (χ2v) is 5.75. The first-order chi connectivity index (χ1) is 9.26. The molecule has 0 aromatic carbocycles. The van der Waals surface area contributed by atoms with Crippen molar-refractivity contribution in [2.45, 2.75) is 32.3 Å². The highest BCUT2D eigenvalue weighted by atomic mass is 16.5. The number of nitrogen functional groups attached to an aromatic ring is 1. The SMILES string of the molecule is COCc1nc(N)cc(NCC(C2CC2)C2CC2)n1. The number of hydrogen-bond donors (Lipinski definition) is 2. The monoisotopic (exact) mass is 262 g/mol. The van der Waals surface area contributed by atoms with Crippen LogP contribution in [0.1, 0.15) is 31.5 Å². The minimum Gasteiger partial charge on any atom is -0.384 e. The predicted octanol–water partition coefficient (Wildman–Crippen LogP) is 2.05. The molecular weight excluding hydrogens is 240 g/mol. The van der Waals surface area contributed by atoms with E-state index < -0.39 is 0 Å². The van der Waals surface area contributed by atoms with Crippen LogP contribution in [0.3, 0.4) is 0 Å².